The van der Waals surface area contributed by atoms with E-state index in [1.54, 1.807) is 12.4 Å². The molecule has 2 aromatic heterocycles. The molecule has 0 amide bonds. The molecule has 21 heavy (non-hydrogen) atoms. The van der Waals surface area contributed by atoms with Gasteiger partial charge in [0.25, 0.3) is 0 Å². The van der Waals surface area contributed by atoms with Crippen LogP contribution in [0.3, 0.4) is 0 Å². The predicted octanol–water partition coefficient (Wildman–Crippen LogP) is 3.47. The Bertz CT molecular complexity index is 687. The van der Waals surface area contributed by atoms with Gasteiger partial charge in [-0.25, -0.2) is 4.98 Å². The van der Waals surface area contributed by atoms with E-state index in [2.05, 4.69) is 21.4 Å². The van der Waals surface area contributed by atoms with Gasteiger partial charge in [-0.15, -0.1) is 0 Å². The minimum absolute atomic E-state index is 0.254. The fourth-order valence-corrected chi connectivity index (χ4v) is 2.92. The lowest BCUT2D eigenvalue weighted by molar-refractivity contribution is 0.282. The fraction of sp³-hybridized carbons (Fsp3) is 0.312. The summed E-state index contributed by atoms with van der Waals surface area (Å²) in [6.07, 6.45) is 4.99. The van der Waals surface area contributed by atoms with Gasteiger partial charge in [-0.2, -0.15) is 5.26 Å². The average Bonchev–Trinajstić information content (AvgIpc) is 2.47. The molecule has 0 aliphatic heterocycles. The highest BCUT2D eigenvalue weighted by Gasteiger charge is 2.47. The number of halogens is 1. The van der Waals surface area contributed by atoms with Crippen molar-refractivity contribution in [2.24, 2.45) is 0 Å². The van der Waals surface area contributed by atoms with E-state index in [9.17, 15) is 5.26 Å². The van der Waals surface area contributed by atoms with Crippen LogP contribution in [0, 0.1) is 18.3 Å². The SMILES string of the molecule is Cc1cnc(Cl)cc1N[C@H]1C[C@@](C#N)(c2ccccn2)C1. The number of nitriles is 1. The first kappa shape index (κ1) is 13.8. The quantitative estimate of drug-likeness (QED) is 0.881. The van der Waals surface area contributed by atoms with Crippen molar-refractivity contribution in [2.75, 3.05) is 5.32 Å². The second-order valence-corrected chi connectivity index (χ2v) is 5.87. The summed E-state index contributed by atoms with van der Waals surface area (Å²) >= 11 is 5.93. The maximum absolute atomic E-state index is 9.52. The van der Waals surface area contributed by atoms with Crippen molar-refractivity contribution in [1.29, 1.82) is 5.26 Å². The van der Waals surface area contributed by atoms with Gasteiger partial charge in [-0.3, -0.25) is 4.98 Å². The Kier molecular flexibility index (Phi) is 3.52. The molecule has 0 atom stereocenters. The minimum atomic E-state index is -0.469. The summed E-state index contributed by atoms with van der Waals surface area (Å²) < 4.78 is 0. The zero-order valence-electron chi connectivity index (χ0n) is 11.7. The third-order valence-electron chi connectivity index (χ3n) is 3.99. The van der Waals surface area contributed by atoms with E-state index in [1.807, 2.05) is 31.2 Å². The van der Waals surface area contributed by atoms with Gasteiger partial charge in [-0.05, 0) is 43.5 Å². The lowest BCUT2D eigenvalue weighted by Gasteiger charge is -2.43. The summed E-state index contributed by atoms with van der Waals surface area (Å²) in [5.41, 5.74) is 2.42. The number of rotatable bonds is 3. The van der Waals surface area contributed by atoms with Gasteiger partial charge >= 0.3 is 0 Å². The first-order valence-corrected chi connectivity index (χ1v) is 7.22. The van der Waals surface area contributed by atoms with Crippen LogP contribution >= 0.6 is 11.6 Å². The second kappa shape index (κ2) is 5.34. The molecule has 1 fully saturated rings. The molecule has 0 saturated heterocycles. The molecule has 0 bridgehead atoms. The van der Waals surface area contributed by atoms with Crippen molar-refractivity contribution in [3.8, 4) is 6.07 Å². The lowest BCUT2D eigenvalue weighted by Crippen LogP contribution is -2.48. The molecule has 1 saturated carbocycles. The van der Waals surface area contributed by atoms with Gasteiger partial charge in [-0.1, -0.05) is 17.7 Å². The molecule has 2 aromatic rings. The van der Waals surface area contributed by atoms with Crippen molar-refractivity contribution < 1.29 is 0 Å². The van der Waals surface area contributed by atoms with Crippen LogP contribution in [0.2, 0.25) is 5.15 Å². The molecule has 1 aliphatic carbocycles. The summed E-state index contributed by atoms with van der Waals surface area (Å²) in [7, 11) is 0. The van der Waals surface area contributed by atoms with Crippen LogP contribution in [0.5, 0.6) is 0 Å². The molecule has 1 aliphatic rings. The first-order valence-electron chi connectivity index (χ1n) is 6.84. The van der Waals surface area contributed by atoms with Crippen LogP contribution in [0.1, 0.15) is 24.1 Å². The van der Waals surface area contributed by atoms with Crippen LogP contribution in [-0.4, -0.2) is 16.0 Å². The molecule has 0 aromatic carbocycles. The maximum atomic E-state index is 9.52. The number of hydrogen-bond acceptors (Lipinski definition) is 4. The third kappa shape index (κ3) is 2.57. The van der Waals surface area contributed by atoms with Gasteiger partial charge < -0.3 is 5.32 Å². The van der Waals surface area contributed by atoms with Crippen molar-refractivity contribution in [3.05, 3.63) is 53.1 Å². The number of hydrogen-bond donors (Lipinski definition) is 1. The summed E-state index contributed by atoms with van der Waals surface area (Å²) in [5.74, 6) is 0. The van der Waals surface area contributed by atoms with E-state index in [4.69, 9.17) is 11.6 Å². The van der Waals surface area contributed by atoms with Crippen molar-refractivity contribution in [3.63, 3.8) is 0 Å². The summed E-state index contributed by atoms with van der Waals surface area (Å²) in [5, 5.41) is 13.4. The third-order valence-corrected chi connectivity index (χ3v) is 4.20. The molecule has 5 heteroatoms. The molecule has 2 heterocycles. The van der Waals surface area contributed by atoms with Gasteiger partial charge in [0, 0.05) is 24.1 Å². The Morgan fingerprint density at radius 2 is 2.19 bits per heavy atom. The molecule has 106 valence electrons. The van der Waals surface area contributed by atoms with Gasteiger partial charge in [0.15, 0.2) is 0 Å². The van der Waals surface area contributed by atoms with E-state index in [1.165, 1.54) is 0 Å². The molecule has 0 spiro atoms. The molecule has 0 radical (unpaired) electrons. The Hall–Kier alpha value is -2.12. The van der Waals surface area contributed by atoms with Crippen molar-refractivity contribution in [2.45, 2.75) is 31.2 Å². The molecule has 3 rings (SSSR count). The van der Waals surface area contributed by atoms with Crippen LogP contribution < -0.4 is 5.32 Å². The number of anilines is 1. The Balaban J connectivity index is 1.73. The largest absolute Gasteiger partial charge is 0.382 e. The molecule has 0 unspecified atom stereocenters. The van der Waals surface area contributed by atoms with Crippen LogP contribution in [0.15, 0.2) is 36.7 Å². The average molecular weight is 299 g/mol. The van der Waals surface area contributed by atoms with Crippen molar-refractivity contribution >= 4 is 17.3 Å². The molecule has 4 nitrogen and oxygen atoms in total. The van der Waals surface area contributed by atoms with E-state index < -0.39 is 5.41 Å². The number of nitrogens with zero attached hydrogens (tertiary/aromatic N) is 3. The standard InChI is InChI=1S/C16H15ClN4/c1-11-9-20-15(17)6-13(11)21-12-7-16(8-12,10-18)14-4-2-3-5-19-14/h2-6,9,12H,7-8H2,1H3,(H,20,21)/t12-,16+. The van der Waals surface area contributed by atoms with Gasteiger partial charge in [0.1, 0.15) is 10.6 Å². The number of pyridine rings is 2. The zero-order chi connectivity index (χ0) is 14.9. The minimum Gasteiger partial charge on any atom is -0.382 e. The lowest BCUT2D eigenvalue weighted by atomic mass is 9.64. The fourth-order valence-electron chi connectivity index (χ4n) is 2.76. The molecular weight excluding hydrogens is 284 g/mol. The topological polar surface area (TPSA) is 61.6 Å². The molecule has 1 N–H and O–H groups in total. The Morgan fingerprint density at radius 3 is 2.86 bits per heavy atom. The van der Waals surface area contributed by atoms with Crippen molar-refractivity contribution in [1.82, 2.24) is 9.97 Å². The Morgan fingerprint density at radius 1 is 1.38 bits per heavy atom. The van der Waals surface area contributed by atoms with Gasteiger partial charge in [0.05, 0.1) is 11.8 Å². The van der Waals surface area contributed by atoms with E-state index >= 15 is 0 Å². The smallest absolute Gasteiger partial charge is 0.131 e. The number of aryl methyl sites for hydroxylation is 1. The highest BCUT2D eigenvalue weighted by Crippen LogP contribution is 2.44. The van der Waals surface area contributed by atoms with E-state index in [0.29, 0.717) is 5.15 Å². The van der Waals surface area contributed by atoms with E-state index in [-0.39, 0.29) is 6.04 Å². The summed E-state index contributed by atoms with van der Waals surface area (Å²) in [6.45, 7) is 1.99. The normalized spacial score (nSPS) is 24.0. The Labute approximate surface area is 128 Å². The maximum Gasteiger partial charge on any atom is 0.131 e. The number of aromatic nitrogens is 2. The second-order valence-electron chi connectivity index (χ2n) is 5.48. The highest BCUT2D eigenvalue weighted by molar-refractivity contribution is 6.29. The van der Waals surface area contributed by atoms with E-state index in [0.717, 1.165) is 29.8 Å². The van der Waals surface area contributed by atoms with Gasteiger partial charge in [0.2, 0.25) is 0 Å². The number of nitrogens with one attached hydrogen (secondary N) is 1. The highest BCUT2D eigenvalue weighted by atomic mass is 35.5. The first-order chi connectivity index (χ1) is 10.1. The van der Waals surface area contributed by atoms with Crippen LogP contribution in [-0.2, 0) is 5.41 Å². The molecular formula is C16H15ClN4. The zero-order valence-corrected chi connectivity index (χ0v) is 12.4. The van der Waals surface area contributed by atoms with Crippen LogP contribution in [0.4, 0.5) is 5.69 Å². The van der Waals surface area contributed by atoms with Crippen LogP contribution in [0.25, 0.3) is 0 Å². The summed E-state index contributed by atoms with van der Waals surface area (Å²) in [6, 6.07) is 10.2. The summed E-state index contributed by atoms with van der Waals surface area (Å²) in [4.78, 5) is 8.38. The predicted molar refractivity (Wildman–Crippen MR) is 82.2 cm³/mol. The monoisotopic (exact) mass is 298 g/mol.